The van der Waals surface area contributed by atoms with Crippen LogP contribution in [0.2, 0.25) is 0 Å². The lowest BCUT2D eigenvalue weighted by Gasteiger charge is -2.39. The summed E-state index contributed by atoms with van der Waals surface area (Å²) in [6.45, 7) is 5.91. The Balaban J connectivity index is 1.50. The number of aliphatic carboxylic acids is 1. The molecule has 0 radical (unpaired) electrons. The summed E-state index contributed by atoms with van der Waals surface area (Å²) in [7, 11) is 3.16. The van der Waals surface area contributed by atoms with E-state index in [1.165, 1.54) is 4.90 Å². The molecule has 1 N–H and O–H groups in total. The average molecular weight is 629 g/mol. The van der Waals surface area contributed by atoms with Crippen molar-refractivity contribution in [2.45, 2.75) is 57.6 Å². The third-order valence-corrected chi connectivity index (χ3v) is 9.61. The van der Waals surface area contributed by atoms with Gasteiger partial charge in [-0.3, -0.25) is 9.59 Å². The molecule has 1 aromatic carbocycles. The van der Waals surface area contributed by atoms with E-state index >= 15 is 0 Å². The monoisotopic (exact) mass is 628 g/mol. The molecule has 1 aliphatic rings. The normalized spacial score (nSPS) is 14.5. The van der Waals surface area contributed by atoms with Crippen molar-refractivity contribution in [1.29, 1.82) is 0 Å². The number of hydrogen-bond acceptors (Lipinski definition) is 8. The molecular weight excluding hydrogens is 592 g/mol. The minimum atomic E-state index is -1.04. The van der Waals surface area contributed by atoms with E-state index in [1.807, 2.05) is 28.8 Å². The molecule has 1 fully saturated rings. The van der Waals surface area contributed by atoms with E-state index in [0.29, 0.717) is 71.6 Å². The topological polar surface area (TPSA) is 110 Å². The number of methoxy groups -OCH3 is 2. The number of piperidine rings is 1. The quantitative estimate of drug-likeness (QED) is 0.197. The van der Waals surface area contributed by atoms with Gasteiger partial charge in [0.2, 0.25) is 0 Å². The molecule has 10 nitrogen and oxygen atoms in total. The molecule has 4 aromatic rings. The Kier molecular flexibility index (Phi) is 9.63. The number of carboxylic acid groups (broad SMARTS) is 1. The van der Waals surface area contributed by atoms with Crippen LogP contribution >= 0.6 is 22.9 Å². The van der Waals surface area contributed by atoms with E-state index in [2.05, 4.69) is 23.9 Å². The average Bonchev–Trinajstić information content (AvgIpc) is 3.76. The predicted molar refractivity (Wildman–Crippen MR) is 167 cm³/mol. The van der Waals surface area contributed by atoms with E-state index in [0.717, 1.165) is 28.5 Å². The number of benzene rings is 1. The van der Waals surface area contributed by atoms with Crippen LogP contribution in [0.3, 0.4) is 0 Å². The molecule has 1 amide bonds. The van der Waals surface area contributed by atoms with Crippen LogP contribution in [0.1, 0.15) is 47.7 Å². The summed E-state index contributed by atoms with van der Waals surface area (Å²) in [5.74, 6) is 0.888. The molecule has 0 saturated carbocycles. The summed E-state index contributed by atoms with van der Waals surface area (Å²) in [4.78, 5) is 32.2. The first-order valence-corrected chi connectivity index (χ1v) is 15.7. The van der Waals surface area contributed by atoms with E-state index < -0.39 is 5.97 Å². The molecule has 3 aromatic heterocycles. The first kappa shape index (κ1) is 30.9. The van der Waals surface area contributed by atoms with Crippen LogP contribution in [-0.4, -0.2) is 82.4 Å². The van der Waals surface area contributed by atoms with Crippen molar-refractivity contribution in [1.82, 2.24) is 19.5 Å². The first-order chi connectivity index (χ1) is 20.7. The molecule has 1 aliphatic heterocycles. The Morgan fingerprint density at radius 2 is 1.86 bits per heavy atom. The number of rotatable bonds is 12. The van der Waals surface area contributed by atoms with Crippen LogP contribution in [0, 0.1) is 0 Å². The van der Waals surface area contributed by atoms with Crippen LogP contribution < -0.4 is 9.47 Å². The highest BCUT2D eigenvalue weighted by molar-refractivity contribution is 7.15. The highest BCUT2D eigenvalue weighted by atomic mass is 35.5. The van der Waals surface area contributed by atoms with Gasteiger partial charge < -0.3 is 33.5 Å². The number of nitrogens with zero attached hydrogens (tertiary/aromatic N) is 4. The number of halogens is 1. The summed E-state index contributed by atoms with van der Waals surface area (Å²) in [5, 5.41) is 14.8. The Bertz CT molecular complexity index is 1590. The second-order valence-corrected chi connectivity index (χ2v) is 12.4. The highest BCUT2D eigenvalue weighted by Gasteiger charge is 2.33. The van der Waals surface area contributed by atoms with Crippen molar-refractivity contribution >= 4 is 45.7 Å². The van der Waals surface area contributed by atoms with Gasteiger partial charge in [0.1, 0.15) is 23.7 Å². The fourth-order valence-electron chi connectivity index (χ4n) is 5.80. The summed E-state index contributed by atoms with van der Waals surface area (Å²) in [6, 6.07) is 11.4. The lowest BCUT2D eigenvalue weighted by molar-refractivity contribution is -0.138. The highest BCUT2D eigenvalue weighted by Crippen LogP contribution is 2.37. The number of thiophene rings is 1. The summed E-state index contributed by atoms with van der Waals surface area (Å²) < 4.78 is 18.9. The van der Waals surface area contributed by atoms with Crippen molar-refractivity contribution in [3.05, 3.63) is 52.7 Å². The van der Waals surface area contributed by atoms with E-state index in [4.69, 9.17) is 25.6 Å². The summed E-state index contributed by atoms with van der Waals surface area (Å²) in [5.41, 5.74) is 1.80. The number of amides is 1. The number of aryl methyl sites for hydroxylation is 2. The van der Waals surface area contributed by atoms with Gasteiger partial charge in [0.15, 0.2) is 5.76 Å². The maximum absolute atomic E-state index is 14.3. The summed E-state index contributed by atoms with van der Waals surface area (Å²) >= 11 is 7.52. The molecule has 0 bridgehead atoms. The van der Waals surface area contributed by atoms with Crippen LogP contribution in [0.15, 0.2) is 40.9 Å². The van der Waals surface area contributed by atoms with Crippen LogP contribution in [0.4, 0.5) is 0 Å². The largest absolute Gasteiger partial charge is 0.496 e. The number of fused-ring (bicyclic) bond motifs is 1. The molecular formula is C31H37ClN4O6S. The Morgan fingerprint density at radius 3 is 2.49 bits per heavy atom. The maximum atomic E-state index is 14.3. The minimum Gasteiger partial charge on any atom is -0.496 e. The van der Waals surface area contributed by atoms with Crippen LogP contribution in [0.5, 0.6) is 11.5 Å². The van der Waals surface area contributed by atoms with Crippen LogP contribution in [-0.2, 0) is 23.6 Å². The molecule has 0 aliphatic carbocycles. The van der Waals surface area contributed by atoms with Gasteiger partial charge >= 0.3 is 5.97 Å². The molecule has 0 atom stereocenters. The Hall–Kier alpha value is -3.54. The van der Waals surface area contributed by atoms with Gasteiger partial charge in [0.05, 0.1) is 36.2 Å². The number of likely N-dealkylation sites (tertiary alicyclic amines) is 1. The van der Waals surface area contributed by atoms with Gasteiger partial charge in [0, 0.05) is 54.5 Å². The van der Waals surface area contributed by atoms with Crippen molar-refractivity contribution in [2.75, 3.05) is 33.9 Å². The maximum Gasteiger partial charge on any atom is 0.323 e. The Morgan fingerprint density at radius 1 is 1.14 bits per heavy atom. The minimum absolute atomic E-state index is 0.185. The number of ether oxygens (including phenoxy) is 2. The molecule has 4 heterocycles. The van der Waals surface area contributed by atoms with Crippen molar-refractivity contribution < 1.29 is 28.7 Å². The van der Waals surface area contributed by atoms with Crippen molar-refractivity contribution in [2.24, 2.45) is 0 Å². The fourth-order valence-corrected chi connectivity index (χ4v) is 6.86. The predicted octanol–water partition coefficient (Wildman–Crippen LogP) is 5.76. The first-order valence-electron chi connectivity index (χ1n) is 14.4. The SMILES string of the molecule is COc1ccc(OC)c2c1cc(C(=O)N(CC(=O)O)C1CCN(C(C)C)CC1)n2CCc1cc(-c2ccc(CCl)s2)on1. The van der Waals surface area contributed by atoms with Gasteiger partial charge in [0.25, 0.3) is 5.91 Å². The van der Waals surface area contributed by atoms with Crippen molar-refractivity contribution in [3.8, 4) is 22.1 Å². The third kappa shape index (κ3) is 6.53. The second-order valence-electron chi connectivity index (χ2n) is 10.9. The number of carbonyl (C=O) groups excluding carboxylic acids is 1. The van der Waals surface area contributed by atoms with E-state index in [9.17, 15) is 14.7 Å². The standard InChI is InChI=1S/C31H37ClN4O6S/c1-19(2)34-12-10-21(11-13-34)36(18-29(37)38)31(39)24-16-23-25(40-3)6-7-26(41-4)30(23)35(24)14-9-20-15-27(42-33-20)28-8-5-22(17-32)43-28/h5-8,15-16,19,21H,9-14,17-18H2,1-4H3,(H,37,38). The molecule has 0 spiro atoms. The molecule has 230 valence electrons. The number of aromatic nitrogens is 2. The second kappa shape index (κ2) is 13.4. The van der Waals surface area contributed by atoms with Crippen LogP contribution in [0.25, 0.3) is 21.5 Å². The zero-order valence-electron chi connectivity index (χ0n) is 24.8. The number of carbonyl (C=O) groups is 2. The van der Waals surface area contributed by atoms with Crippen molar-refractivity contribution in [3.63, 3.8) is 0 Å². The van der Waals surface area contributed by atoms with E-state index in [1.54, 1.807) is 37.7 Å². The number of alkyl halides is 1. The number of hydrogen-bond donors (Lipinski definition) is 1. The molecule has 12 heteroatoms. The number of carboxylic acids is 1. The van der Waals surface area contributed by atoms with Gasteiger partial charge in [-0.15, -0.1) is 22.9 Å². The van der Waals surface area contributed by atoms with Gasteiger partial charge in [-0.2, -0.15) is 0 Å². The third-order valence-electron chi connectivity index (χ3n) is 8.06. The zero-order chi connectivity index (χ0) is 30.7. The fraction of sp³-hybridized carbons (Fsp3) is 0.452. The lowest BCUT2D eigenvalue weighted by atomic mass is 10.0. The smallest absolute Gasteiger partial charge is 0.323 e. The molecule has 0 unspecified atom stereocenters. The lowest BCUT2D eigenvalue weighted by Crippen LogP contribution is -2.50. The zero-order valence-corrected chi connectivity index (χ0v) is 26.4. The van der Waals surface area contributed by atoms with E-state index in [-0.39, 0.29) is 18.5 Å². The van der Waals surface area contributed by atoms with Gasteiger partial charge in [-0.05, 0) is 57.0 Å². The molecule has 1 saturated heterocycles. The molecule has 5 rings (SSSR count). The molecule has 43 heavy (non-hydrogen) atoms. The Labute approximate surface area is 259 Å². The van der Waals surface area contributed by atoms with Gasteiger partial charge in [-0.25, -0.2) is 0 Å². The summed E-state index contributed by atoms with van der Waals surface area (Å²) in [6.07, 6.45) is 1.88. The van der Waals surface area contributed by atoms with Gasteiger partial charge in [-0.1, -0.05) is 5.16 Å².